The Morgan fingerprint density at radius 1 is 1.12 bits per heavy atom. The Hall–Kier alpha value is -2.26. The highest BCUT2D eigenvalue weighted by Gasteiger charge is 2.14. The molecule has 1 aromatic heterocycles. The minimum Gasteiger partial charge on any atom is -0.459 e. The molecule has 0 aliphatic carbocycles. The van der Waals surface area contributed by atoms with Crippen LogP contribution in [0.1, 0.15) is 72.2 Å². The molecule has 3 N–H and O–H groups in total. The lowest BCUT2D eigenvalue weighted by molar-refractivity contribution is -0.117. The average molecular weight is 463 g/mol. The Labute approximate surface area is 194 Å². The molecule has 0 fully saturated rings. The lowest BCUT2D eigenvalue weighted by Crippen LogP contribution is -2.42. The molecule has 1 unspecified atom stereocenters. The zero-order valence-corrected chi connectivity index (χ0v) is 19.7. The second kappa shape index (κ2) is 14.0. The third kappa shape index (κ3) is 8.35. The number of nitrogens with one attached hydrogen (secondary N) is 1. The van der Waals surface area contributed by atoms with Crippen molar-refractivity contribution >= 4 is 28.9 Å². The topological polar surface area (TPSA) is 99.1 Å². The first-order chi connectivity index (χ1) is 15.5. The van der Waals surface area contributed by atoms with Crippen molar-refractivity contribution in [3.8, 4) is 0 Å². The van der Waals surface area contributed by atoms with Gasteiger partial charge in [0.15, 0.2) is 0 Å². The Morgan fingerprint density at radius 3 is 2.53 bits per heavy atom. The molecule has 1 heterocycles. The smallest absolute Gasteiger partial charge is 0.348 e. The Bertz CT molecular complexity index is 837. The molecule has 0 saturated carbocycles. The Kier molecular flexibility index (Phi) is 11.4. The fourth-order valence-corrected chi connectivity index (χ4v) is 4.21. The van der Waals surface area contributed by atoms with Crippen molar-refractivity contribution in [2.75, 3.05) is 24.8 Å². The molecule has 2 rings (SSSR count). The van der Waals surface area contributed by atoms with Gasteiger partial charge < -0.3 is 14.9 Å². The molecule has 0 aliphatic rings. The molecule has 0 radical (unpaired) electrons. The fourth-order valence-electron chi connectivity index (χ4n) is 3.27. The van der Waals surface area contributed by atoms with E-state index in [0.29, 0.717) is 11.4 Å². The molecule has 8 heteroatoms. The van der Waals surface area contributed by atoms with Crippen LogP contribution < -0.4 is 10.4 Å². The van der Waals surface area contributed by atoms with Gasteiger partial charge in [0.05, 0.1) is 18.4 Å². The van der Waals surface area contributed by atoms with Gasteiger partial charge in [-0.3, -0.25) is 4.79 Å². The maximum Gasteiger partial charge on any atom is 0.348 e. The number of ether oxygens (including phenoxy) is 1. The maximum atomic E-state index is 12.1. The number of thiophene rings is 1. The quantitative estimate of drug-likeness (QED) is 0.223. The number of hydrazine groups is 1. The molecule has 0 spiro atoms. The van der Waals surface area contributed by atoms with Crippen LogP contribution in [0.2, 0.25) is 0 Å². The third-order valence-corrected chi connectivity index (χ3v) is 6.11. The number of hydrogen-bond donors (Lipinski definition) is 3. The van der Waals surface area contributed by atoms with Gasteiger partial charge in [-0.05, 0) is 49.1 Å². The minimum atomic E-state index is -0.481. The number of hydrogen-bond acceptors (Lipinski definition) is 7. The molecule has 2 aromatic rings. The van der Waals surface area contributed by atoms with Gasteiger partial charge in [0.1, 0.15) is 11.5 Å². The molecule has 176 valence electrons. The SMILES string of the molecule is CCCCCC(O)c1ccc(N(NCCCc2ccc(C(=O)OCCO)s2)C(C)=O)cc1. The average Bonchev–Trinajstić information content (AvgIpc) is 3.26. The van der Waals surface area contributed by atoms with Crippen molar-refractivity contribution in [2.24, 2.45) is 0 Å². The number of nitrogens with zero attached hydrogens (tertiary/aromatic N) is 1. The molecular weight excluding hydrogens is 428 g/mol. The van der Waals surface area contributed by atoms with Gasteiger partial charge in [-0.15, -0.1) is 11.3 Å². The number of carbonyl (C=O) groups is 2. The third-order valence-electron chi connectivity index (χ3n) is 4.99. The maximum absolute atomic E-state index is 12.1. The summed E-state index contributed by atoms with van der Waals surface area (Å²) in [5.41, 5.74) is 4.75. The summed E-state index contributed by atoms with van der Waals surface area (Å²) in [6.07, 6.45) is 5.03. The largest absolute Gasteiger partial charge is 0.459 e. The predicted octanol–water partition coefficient (Wildman–Crippen LogP) is 4.00. The number of aliphatic hydroxyl groups is 2. The molecule has 7 nitrogen and oxygen atoms in total. The highest BCUT2D eigenvalue weighted by molar-refractivity contribution is 7.13. The summed E-state index contributed by atoms with van der Waals surface area (Å²) in [5, 5.41) is 20.6. The lowest BCUT2D eigenvalue weighted by atomic mass is 10.0. The zero-order chi connectivity index (χ0) is 23.3. The van der Waals surface area contributed by atoms with Gasteiger partial charge in [0.25, 0.3) is 0 Å². The number of amides is 1. The summed E-state index contributed by atoms with van der Waals surface area (Å²) in [5.74, 6) is -0.540. The van der Waals surface area contributed by atoms with E-state index in [1.807, 2.05) is 30.3 Å². The van der Waals surface area contributed by atoms with E-state index in [0.717, 1.165) is 54.7 Å². The first-order valence-corrected chi connectivity index (χ1v) is 12.0. The Morgan fingerprint density at radius 2 is 1.88 bits per heavy atom. The van der Waals surface area contributed by atoms with E-state index in [2.05, 4.69) is 12.3 Å². The molecule has 0 aliphatic heterocycles. The van der Waals surface area contributed by atoms with Gasteiger partial charge in [-0.2, -0.15) is 0 Å². The summed E-state index contributed by atoms with van der Waals surface area (Å²) < 4.78 is 4.92. The predicted molar refractivity (Wildman–Crippen MR) is 127 cm³/mol. The highest BCUT2D eigenvalue weighted by atomic mass is 32.1. The highest BCUT2D eigenvalue weighted by Crippen LogP contribution is 2.23. The molecule has 32 heavy (non-hydrogen) atoms. The Balaban J connectivity index is 1.83. The lowest BCUT2D eigenvalue weighted by Gasteiger charge is -2.23. The fraction of sp³-hybridized carbons (Fsp3) is 0.500. The second-order valence-electron chi connectivity index (χ2n) is 7.59. The van der Waals surface area contributed by atoms with Crippen LogP contribution in [0.3, 0.4) is 0 Å². The van der Waals surface area contributed by atoms with Crippen LogP contribution in [0.25, 0.3) is 0 Å². The van der Waals surface area contributed by atoms with Gasteiger partial charge in [-0.25, -0.2) is 15.2 Å². The van der Waals surface area contributed by atoms with Crippen molar-refractivity contribution in [3.05, 3.63) is 51.7 Å². The van der Waals surface area contributed by atoms with Crippen molar-refractivity contribution in [1.82, 2.24) is 5.43 Å². The number of esters is 1. The van der Waals surface area contributed by atoms with Gasteiger partial charge >= 0.3 is 5.97 Å². The number of benzene rings is 1. The molecule has 0 saturated heterocycles. The summed E-state index contributed by atoms with van der Waals surface area (Å²) in [4.78, 5) is 25.5. The van der Waals surface area contributed by atoms with E-state index in [1.165, 1.54) is 23.3 Å². The van der Waals surface area contributed by atoms with E-state index in [4.69, 9.17) is 9.84 Å². The molecule has 0 bridgehead atoms. The van der Waals surface area contributed by atoms with Crippen LogP contribution in [0.4, 0.5) is 5.69 Å². The van der Waals surface area contributed by atoms with Crippen LogP contribution >= 0.6 is 11.3 Å². The first kappa shape index (κ1) is 26.0. The molecule has 1 atom stereocenters. The minimum absolute atomic E-state index is 0.00430. The van der Waals surface area contributed by atoms with Crippen molar-refractivity contribution in [3.63, 3.8) is 0 Å². The van der Waals surface area contributed by atoms with E-state index in [1.54, 1.807) is 6.07 Å². The summed E-state index contributed by atoms with van der Waals surface area (Å²) in [7, 11) is 0. The van der Waals surface area contributed by atoms with Crippen LogP contribution in [-0.4, -0.2) is 41.8 Å². The molecule has 1 amide bonds. The van der Waals surface area contributed by atoms with Crippen LogP contribution in [0.15, 0.2) is 36.4 Å². The number of rotatable bonds is 14. The van der Waals surface area contributed by atoms with E-state index in [9.17, 15) is 14.7 Å². The number of aryl methyl sites for hydroxylation is 1. The normalized spacial score (nSPS) is 11.9. The van der Waals surface area contributed by atoms with Crippen LogP contribution in [0, 0.1) is 0 Å². The zero-order valence-electron chi connectivity index (χ0n) is 18.9. The standard InChI is InChI=1S/C24H34N2O5S/c1-3-4-5-8-22(29)19-9-11-20(12-10-19)26(18(2)28)25-15-6-7-21-13-14-23(32-21)24(30)31-17-16-27/h9-14,22,25,27,29H,3-8,15-17H2,1-2H3. The number of carbonyl (C=O) groups excluding carboxylic acids is 2. The van der Waals surface area contributed by atoms with Crippen molar-refractivity contribution < 1.29 is 24.5 Å². The monoisotopic (exact) mass is 462 g/mol. The van der Waals surface area contributed by atoms with E-state index in [-0.39, 0.29) is 19.1 Å². The summed E-state index contributed by atoms with van der Waals surface area (Å²) in [6.45, 7) is 4.03. The summed E-state index contributed by atoms with van der Waals surface area (Å²) >= 11 is 1.38. The molecule has 1 aromatic carbocycles. The van der Waals surface area contributed by atoms with Crippen molar-refractivity contribution in [1.29, 1.82) is 0 Å². The first-order valence-electron chi connectivity index (χ1n) is 11.1. The molecular formula is C24H34N2O5S. The van der Waals surface area contributed by atoms with E-state index < -0.39 is 12.1 Å². The number of aliphatic hydroxyl groups excluding tert-OH is 2. The van der Waals surface area contributed by atoms with Crippen LogP contribution in [-0.2, 0) is 16.0 Å². The number of anilines is 1. The van der Waals surface area contributed by atoms with Gasteiger partial charge in [0.2, 0.25) is 5.91 Å². The van der Waals surface area contributed by atoms with E-state index >= 15 is 0 Å². The summed E-state index contributed by atoms with van der Waals surface area (Å²) in [6, 6.07) is 11.0. The second-order valence-corrected chi connectivity index (χ2v) is 8.76. The van der Waals surface area contributed by atoms with Gasteiger partial charge in [0, 0.05) is 18.3 Å². The van der Waals surface area contributed by atoms with Gasteiger partial charge in [-0.1, -0.05) is 38.3 Å². The van der Waals surface area contributed by atoms with Crippen LogP contribution in [0.5, 0.6) is 0 Å². The number of unbranched alkanes of at least 4 members (excludes halogenated alkanes) is 2. The van der Waals surface area contributed by atoms with Crippen molar-refractivity contribution in [2.45, 2.75) is 58.5 Å².